The summed E-state index contributed by atoms with van der Waals surface area (Å²) in [6.07, 6.45) is -0.496. The quantitative estimate of drug-likeness (QED) is 0.163. The molecule has 2 fully saturated rings. The Morgan fingerprint density at radius 1 is 1.15 bits per heavy atom. The number of aliphatic hydroxyl groups excluding tert-OH is 3. The van der Waals surface area contributed by atoms with Crippen LogP contribution in [0, 0.1) is 11.8 Å². The van der Waals surface area contributed by atoms with Gasteiger partial charge in [-0.25, -0.2) is 0 Å². The third kappa shape index (κ3) is 8.74. The number of hydrogen-bond donors (Lipinski definition) is 4. The molecule has 2 saturated heterocycles. The first kappa shape index (κ1) is 28.4. The first-order valence-electron chi connectivity index (χ1n) is 11.9. The van der Waals surface area contributed by atoms with E-state index in [0.717, 1.165) is 0 Å². The highest BCUT2D eigenvalue weighted by atomic mass is 16.6. The van der Waals surface area contributed by atoms with Crippen LogP contribution < -0.4 is 5.32 Å². The molecule has 2 rings (SSSR count). The lowest BCUT2D eigenvalue weighted by molar-refractivity contribution is -0.165. The molecule has 4 N–H and O–H groups in total. The number of amides is 1. The second-order valence-electron chi connectivity index (χ2n) is 9.47. The van der Waals surface area contributed by atoms with Gasteiger partial charge in [0.05, 0.1) is 50.8 Å². The Kier molecular flexibility index (Phi) is 11.1. The van der Waals surface area contributed by atoms with Gasteiger partial charge in [0.25, 0.3) is 0 Å². The van der Waals surface area contributed by atoms with E-state index in [1.807, 2.05) is 6.92 Å². The maximum atomic E-state index is 12.1. The molecule has 1 amide bonds. The van der Waals surface area contributed by atoms with Gasteiger partial charge in [0.15, 0.2) is 5.78 Å². The highest BCUT2D eigenvalue weighted by molar-refractivity contribution is 5.92. The Balaban J connectivity index is 1.72. The first-order valence-corrected chi connectivity index (χ1v) is 11.9. The van der Waals surface area contributed by atoms with Gasteiger partial charge < -0.3 is 34.8 Å². The third-order valence-corrected chi connectivity index (χ3v) is 6.60. The van der Waals surface area contributed by atoms with Crippen molar-refractivity contribution in [2.75, 3.05) is 20.3 Å². The molecule has 0 radical (unpaired) electrons. The largest absolute Gasteiger partial charge is 0.469 e. The molecule has 2 heterocycles. The topological polar surface area (TPSA) is 155 Å². The molecule has 8 atom stereocenters. The minimum atomic E-state index is -1.10. The van der Waals surface area contributed by atoms with E-state index < -0.39 is 30.3 Å². The molecule has 10 nitrogen and oxygen atoms in total. The van der Waals surface area contributed by atoms with E-state index in [1.54, 1.807) is 13.8 Å². The van der Waals surface area contributed by atoms with Gasteiger partial charge in [-0.1, -0.05) is 12.5 Å². The van der Waals surface area contributed by atoms with Crippen molar-refractivity contribution in [3.63, 3.8) is 0 Å². The summed E-state index contributed by atoms with van der Waals surface area (Å²) in [6.45, 7) is 5.48. The van der Waals surface area contributed by atoms with Gasteiger partial charge in [-0.15, -0.1) is 0 Å². The molecule has 10 heteroatoms. The van der Waals surface area contributed by atoms with Crippen LogP contribution in [0.4, 0.5) is 0 Å². The lowest BCUT2D eigenvalue weighted by atomic mass is 9.85. The van der Waals surface area contributed by atoms with Crippen LogP contribution in [0.2, 0.25) is 0 Å². The van der Waals surface area contributed by atoms with Crippen LogP contribution >= 0.6 is 0 Å². The number of aliphatic hydroxyl groups is 3. The number of ether oxygens (including phenoxy) is 3. The number of methoxy groups -OCH3 is 1. The average molecular weight is 486 g/mol. The zero-order valence-corrected chi connectivity index (χ0v) is 20.4. The molecular weight excluding hydrogens is 446 g/mol. The molecule has 0 saturated carbocycles. The molecule has 0 aliphatic carbocycles. The van der Waals surface area contributed by atoms with Crippen molar-refractivity contribution >= 4 is 17.7 Å². The van der Waals surface area contributed by atoms with Crippen molar-refractivity contribution in [1.82, 2.24) is 5.32 Å². The van der Waals surface area contributed by atoms with Gasteiger partial charge in [0.1, 0.15) is 6.10 Å². The molecule has 0 aromatic rings. The number of Topliss-reactive ketones (excluding diaryl/α,β-unsaturated/α-hetero) is 1. The van der Waals surface area contributed by atoms with Crippen LogP contribution in [0.5, 0.6) is 0 Å². The minimum Gasteiger partial charge on any atom is -0.469 e. The fraction of sp³-hybridized carbons (Fsp3) is 0.792. The third-order valence-electron chi connectivity index (χ3n) is 6.60. The standard InChI is InChI=1S/C24H39NO9/c1-13(9-20(28)25-11-17(27)6-5-7-21(29)32-4)8-18-23(31)22(30)16(12-33-18)10-19-24(34-19)14(2)15(3)26/h9,14-16,18-19,22-24,26,30-31H,5-8,10-12H2,1-4H3,(H,25,28)/b13-9+/t14-,15-,16-,18-,19-,22+,23-,24-/m0/s1. The van der Waals surface area contributed by atoms with E-state index in [4.69, 9.17) is 9.47 Å². The molecule has 194 valence electrons. The summed E-state index contributed by atoms with van der Waals surface area (Å²) in [5.41, 5.74) is 0.640. The summed E-state index contributed by atoms with van der Waals surface area (Å²) in [4.78, 5) is 34.9. The van der Waals surface area contributed by atoms with Crippen molar-refractivity contribution in [1.29, 1.82) is 0 Å². The normalized spacial score (nSPS) is 30.9. The molecular formula is C24H39NO9. The van der Waals surface area contributed by atoms with Crippen LogP contribution in [-0.4, -0.2) is 89.9 Å². The van der Waals surface area contributed by atoms with E-state index >= 15 is 0 Å². The molecule has 2 aliphatic heterocycles. The predicted octanol–water partition coefficient (Wildman–Crippen LogP) is 0.263. The van der Waals surface area contributed by atoms with Crippen LogP contribution in [0.1, 0.15) is 52.9 Å². The molecule has 0 bridgehead atoms. The fourth-order valence-electron chi connectivity index (χ4n) is 4.17. The summed E-state index contributed by atoms with van der Waals surface area (Å²) < 4.78 is 15.9. The Hall–Kier alpha value is -1.85. The highest BCUT2D eigenvalue weighted by Crippen LogP contribution is 2.38. The van der Waals surface area contributed by atoms with Crippen molar-refractivity contribution in [3.05, 3.63) is 11.6 Å². The smallest absolute Gasteiger partial charge is 0.305 e. The van der Waals surface area contributed by atoms with Gasteiger partial charge in [-0.05, 0) is 33.1 Å². The van der Waals surface area contributed by atoms with E-state index in [1.165, 1.54) is 13.2 Å². The number of carbonyl (C=O) groups is 3. The predicted molar refractivity (Wildman–Crippen MR) is 122 cm³/mol. The Bertz CT molecular complexity index is 738. The van der Waals surface area contributed by atoms with Crippen molar-refractivity contribution in [2.45, 2.75) is 89.5 Å². The maximum Gasteiger partial charge on any atom is 0.305 e. The molecule has 0 unspecified atom stereocenters. The number of carbonyl (C=O) groups excluding carboxylic acids is 3. The van der Waals surface area contributed by atoms with E-state index in [0.29, 0.717) is 18.4 Å². The fourth-order valence-corrected chi connectivity index (χ4v) is 4.17. The van der Waals surface area contributed by atoms with Gasteiger partial charge >= 0.3 is 5.97 Å². The zero-order valence-electron chi connectivity index (χ0n) is 20.4. The van der Waals surface area contributed by atoms with Crippen molar-refractivity contribution in [3.8, 4) is 0 Å². The molecule has 0 aromatic carbocycles. The first-order chi connectivity index (χ1) is 16.0. The number of rotatable bonds is 13. The molecule has 34 heavy (non-hydrogen) atoms. The summed E-state index contributed by atoms with van der Waals surface area (Å²) in [7, 11) is 1.29. The summed E-state index contributed by atoms with van der Waals surface area (Å²) in [5, 5.41) is 33.3. The second kappa shape index (κ2) is 13.3. The lowest BCUT2D eigenvalue weighted by Gasteiger charge is -2.38. The Labute approximate surface area is 200 Å². The number of hydrogen-bond acceptors (Lipinski definition) is 9. The van der Waals surface area contributed by atoms with Gasteiger partial charge in [-0.2, -0.15) is 0 Å². The average Bonchev–Trinajstić information content (AvgIpc) is 3.55. The molecule has 0 aromatic heterocycles. The SMILES string of the molecule is COC(=O)CCCC(=O)CNC(=O)/C=C(\C)C[C@@H]1OC[C@H](C[C@@H]2O[C@H]2[C@@H](C)[C@H](C)O)[C@@H](O)[C@H]1O. The number of esters is 1. The number of epoxide rings is 1. The minimum absolute atomic E-state index is 0.00147. The summed E-state index contributed by atoms with van der Waals surface area (Å²) in [5.74, 6) is -1.28. The highest BCUT2D eigenvalue weighted by Gasteiger charge is 2.48. The van der Waals surface area contributed by atoms with Crippen LogP contribution in [0.15, 0.2) is 11.6 Å². The second-order valence-corrected chi connectivity index (χ2v) is 9.47. The maximum absolute atomic E-state index is 12.1. The van der Waals surface area contributed by atoms with Crippen molar-refractivity contribution in [2.24, 2.45) is 11.8 Å². The lowest BCUT2D eigenvalue weighted by Crippen LogP contribution is -2.50. The monoisotopic (exact) mass is 485 g/mol. The van der Waals surface area contributed by atoms with E-state index in [-0.39, 0.29) is 68.2 Å². The Morgan fingerprint density at radius 3 is 2.50 bits per heavy atom. The van der Waals surface area contributed by atoms with Crippen LogP contribution in [0.3, 0.4) is 0 Å². The summed E-state index contributed by atoms with van der Waals surface area (Å²) in [6, 6.07) is 0. The zero-order chi connectivity index (χ0) is 25.4. The van der Waals surface area contributed by atoms with Gasteiger partial charge in [-0.3, -0.25) is 14.4 Å². The molecule has 0 spiro atoms. The van der Waals surface area contributed by atoms with Gasteiger partial charge in [0, 0.05) is 30.8 Å². The van der Waals surface area contributed by atoms with Crippen molar-refractivity contribution < 1.29 is 43.9 Å². The number of ketones is 1. The van der Waals surface area contributed by atoms with E-state index in [2.05, 4.69) is 10.1 Å². The van der Waals surface area contributed by atoms with Crippen LogP contribution in [-0.2, 0) is 28.6 Å². The Morgan fingerprint density at radius 2 is 1.85 bits per heavy atom. The summed E-state index contributed by atoms with van der Waals surface area (Å²) >= 11 is 0. The molecule has 2 aliphatic rings. The van der Waals surface area contributed by atoms with Crippen LogP contribution in [0.25, 0.3) is 0 Å². The number of nitrogens with one attached hydrogen (secondary N) is 1. The van der Waals surface area contributed by atoms with Gasteiger partial charge in [0.2, 0.25) is 5.91 Å². The van der Waals surface area contributed by atoms with E-state index in [9.17, 15) is 29.7 Å².